The van der Waals surface area contributed by atoms with Crippen LogP contribution in [0.1, 0.15) is 25.8 Å². The van der Waals surface area contributed by atoms with Crippen molar-refractivity contribution in [1.29, 1.82) is 0 Å². The van der Waals surface area contributed by atoms with Gasteiger partial charge in [-0.2, -0.15) is 14.6 Å². The molecule has 0 amide bonds. The van der Waals surface area contributed by atoms with E-state index in [0.29, 0.717) is 60.6 Å². The first-order chi connectivity index (χ1) is 20.8. The van der Waals surface area contributed by atoms with Gasteiger partial charge in [-0.1, -0.05) is 66.6 Å². The molecule has 218 valence electrons. The van der Waals surface area contributed by atoms with E-state index in [2.05, 4.69) is 23.9 Å². The maximum Gasteiger partial charge on any atom is 0.291 e. The van der Waals surface area contributed by atoms with E-state index in [1.54, 1.807) is 30.0 Å². The van der Waals surface area contributed by atoms with Crippen LogP contribution in [0.4, 0.5) is 0 Å². The summed E-state index contributed by atoms with van der Waals surface area (Å²) in [6.45, 7) is 4.92. The molecule has 0 fully saturated rings. The molecule has 0 aliphatic carbocycles. The minimum atomic E-state index is -0.284. The predicted octanol–water partition coefficient (Wildman–Crippen LogP) is 6.96. The second-order valence-corrected chi connectivity index (χ2v) is 12.1. The Morgan fingerprint density at radius 1 is 1.00 bits per heavy atom. The first kappa shape index (κ1) is 28.9. The molecular formula is C32H27Cl2N5O3S. The Labute approximate surface area is 261 Å². The Bertz CT molecular complexity index is 2040. The fourth-order valence-corrected chi connectivity index (χ4v) is 5.92. The van der Waals surface area contributed by atoms with Crippen LogP contribution >= 0.6 is 34.5 Å². The van der Waals surface area contributed by atoms with E-state index in [1.807, 2.05) is 60.8 Å². The van der Waals surface area contributed by atoms with Crippen LogP contribution in [0, 0.1) is 5.92 Å². The fourth-order valence-electron chi connectivity index (χ4n) is 4.53. The number of hydrogen-bond donors (Lipinski definition) is 0. The fraction of sp³-hybridized carbons (Fsp3) is 0.188. The van der Waals surface area contributed by atoms with E-state index in [1.165, 1.54) is 15.9 Å². The van der Waals surface area contributed by atoms with Crippen molar-refractivity contribution in [1.82, 2.24) is 24.4 Å². The SMILES string of the molecule is COc1cc(-c2nn(-c3ccccc3)cc2C=c2sc3nc(-c4ccc(Cl)cc4Cl)nn3c2=O)ccc1OCCC(C)C. The first-order valence-corrected chi connectivity index (χ1v) is 15.2. The van der Waals surface area contributed by atoms with Gasteiger partial charge in [0.2, 0.25) is 4.96 Å². The van der Waals surface area contributed by atoms with Gasteiger partial charge in [0.1, 0.15) is 5.69 Å². The lowest BCUT2D eigenvalue weighted by Gasteiger charge is -2.13. The predicted molar refractivity (Wildman–Crippen MR) is 172 cm³/mol. The molecule has 0 aliphatic heterocycles. The van der Waals surface area contributed by atoms with Crippen LogP contribution in [0.15, 0.2) is 77.7 Å². The standard InChI is InChI=1S/C32H27Cl2N5O3S/c1-19(2)13-14-42-26-12-9-20(15-27(26)41-3)29-21(18-38(36-29)23-7-5-4-6-8-23)16-28-31(40)39-32(43-28)35-30(37-39)24-11-10-22(33)17-25(24)34/h4-12,15-19H,13-14H2,1-3H3. The molecule has 0 saturated heterocycles. The van der Waals surface area contributed by atoms with Gasteiger partial charge in [0.05, 0.1) is 29.0 Å². The molecule has 0 radical (unpaired) electrons. The van der Waals surface area contributed by atoms with Gasteiger partial charge < -0.3 is 9.47 Å². The summed E-state index contributed by atoms with van der Waals surface area (Å²) in [4.78, 5) is 18.5. The molecule has 11 heteroatoms. The molecule has 0 atom stereocenters. The summed E-state index contributed by atoms with van der Waals surface area (Å²) in [5.74, 6) is 2.17. The average molecular weight is 633 g/mol. The summed E-state index contributed by atoms with van der Waals surface area (Å²) in [5.41, 5.74) is 3.46. The van der Waals surface area contributed by atoms with Gasteiger partial charge in [-0.05, 0) is 66.9 Å². The number of benzene rings is 3. The summed E-state index contributed by atoms with van der Waals surface area (Å²) in [7, 11) is 1.62. The lowest BCUT2D eigenvalue weighted by Crippen LogP contribution is -2.23. The van der Waals surface area contributed by atoms with Gasteiger partial charge in [0.15, 0.2) is 17.3 Å². The Morgan fingerprint density at radius 3 is 2.53 bits per heavy atom. The van der Waals surface area contributed by atoms with Crippen molar-refractivity contribution in [3.63, 3.8) is 0 Å². The maximum absolute atomic E-state index is 13.5. The number of ether oxygens (including phenoxy) is 2. The van der Waals surface area contributed by atoms with Gasteiger partial charge in [-0.3, -0.25) is 4.79 Å². The quantitative estimate of drug-likeness (QED) is 0.172. The Kier molecular flexibility index (Phi) is 8.21. The molecule has 0 saturated carbocycles. The van der Waals surface area contributed by atoms with E-state index < -0.39 is 0 Å². The molecule has 8 nitrogen and oxygen atoms in total. The molecule has 0 N–H and O–H groups in total. The first-order valence-electron chi connectivity index (χ1n) is 13.6. The monoisotopic (exact) mass is 631 g/mol. The zero-order valence-corrected chi connectivity index (χ0v) is 26.0. The second kappa shape index (κ2) is 12.2. The lowest BCUT2D eigenvalue weighted by atomic mass is 10.1. The third kappa shape index (κ3) is 6.01. The van der Waals surface area contributed by atoms with Crippen LogP contribution in [-0.2, 0) is 0 Å². The highest BCUT2D eigenvalue weighted by Gasteiger charge is 2.18. The van der Waals surface area contributed by atoms with Crippen LogP contribution in [0.5, 0.6) is 11.5 Å². The Balaban J connectivity index is 1.43. The Hall–Kier alpha value is -4.18. The molecular weight excluding hydrogens is 605 g/mol. The van der Waals surface area contributed by atoms with Gasteiger partial charge >= 0.3 is 0 Å². The second-order valence-electron chi connectivity index (χ2n) is 10.3. The number of fused-ring (bicyclic) bond motifs is 1. The van der Waals surface area contributed by atoms with Crippen LogP contribution in [-0.4, -0.2) is 38.1 Å². The molecule has 43 heavy (non-hydrogen) atoms. The lowest BCUT2D eigenvalue weighted by molar-refractivity contribution is 0.273. The molecule has 6 rings (SSSR count). The number of aromatic nitrogens is 5. The van der Waals surface area contributed by atoms with Crippen LogP contribution in [0.3, 0.4) is 0 Å². The van der Waals surface area contributed by atoms with Gasteiger partial charge in [-0.25, -0.2) is 4.68 Å². The van der Waals surface area contributed by atoms with Crippen LogP contribution < -0.4 is 19.6 Å². The van der Waals surface area contributed by atoms with E-state index in [-0.39, 0.29) is 5.56 Å². The van der Waals surface area contributed by atoms with Gasteiger partial charge in [0, 0.05) is 27.9 Å². The molecule has 0 unspecified atom stereocenters. The third-order valence-electron chi connectivity index (χ3n) is 6.79. The van der Waals surface area contributed by atoms with Crippen molar-refractivity contribution in [3.05, 3.63) is 103 Å². The summed E-state index contributed by atoms with van der Waals surface area (Å²) < 4.78 is 15.2. The molecule has 3 heterocycles. The minimum absolute atomic E-state index is 0.284. The minimum Gasteiger partial charge on any atom is -0.493 e. The van der Waals surface area contributed by atoms with Crippen molar-refractivity contribution in [2.45, 2.75) is 20.3 Å². The molecule has 3 aromatic heterocycles. The maximum atomic E-state index is 13.5. The summed E-state index contributed by atoms with van der Waals surface area (Å²) in [6.07, 6.45) is 4.66. The topological polar surface area (TPSA) is 83.5 Å². The highest BCUT2D eigenvalue weighted by molar-refractivity contribution is 7.15. The van der Waals surface area contributed by atoms with Crippen LogP contribution in [0.2, 0.25) is 10.0 Å². The largest absolute Gasteiger partial charge is 0.493 e. The molecule has 3 aromatic carbocycles. The molecule has 0 aliphatic rings. The van der Waals surface area contributed by atoms with Crippen molar-refractivity contribution >= 4 is 45.6 Å². The molecule has 0 spiro atoms. The van der Waals surface area contributed by atoms with Crippen molar-refractivity contribution in [2.75, 3.05) is 13.7 Å². The number of methoxy groups -OCH3 is 1. The van der Waals surface area contributed by atoms with Gasteiger partial charge in [0.25, 0.3) is 5.56 Å². The van der Waals surface area contributed by atoms with E-state index >= 15 is 0 Å². The summed E-state index contributed by atoms with van der Waals surface area (Å²) in [6, 6.07) is 20.6. The Morgan fingerprint density at radius 2 is 1.81 bits per heavy atom. The number of rotatable bonds is 9. The zero-order valence-electron chi connectivity index (χ0n) is 23.6. The van der Waals surface area contributed by atoms with Crippen molar-refractivity contribution in [3.8, 4) is 39.8 Å². The highest BCUT2D eigenvalue weighted by atomic mass is 35.5. The number of nitrogens with zero attached hydrogens (tertiary/aromatic N) is 5. The van der Waals surface area contributed by atoms with E-state index in [9.17, 15) is 4.79 Å². The zero-order chi connectivity index (χ0) is 30.1. The smallest absolute Gasteiger partial charge is 0.291 e. The average Bonchev–Trinajstić information content (AvgIpc) is 3.68. The van der Waals surface area contributed by atoms with Crippen LogP contribution in [0.25, 0.3) is 39.4 Å². The summed E-state index contributed by atoms with van der Waals surface area (Å²) >= 11 is 13.6. The number of para-hydroxylation sites is 1. The van der Waals surface area contributed by atoms with E-state index in [0.717, 1.165) is 23.2 Å². The van der Waals surface area contributed by atoms with Crippen molar-refractivity contribution in [2.24, 2.45) is 5.92 Å². The number of hydrogen-bond acceptors (Lipinski definition) is 7. The molecule has 0 bridgehead atoms. The number of halogens is 2. The summed E-state index contributed by atoms with van der Waals surface area (Å²) in [5, 5.41) is 10.3. The highest BCUT2D eigenvalue weighted by Crippen LogP contribution is 2.34. The third-order valence-corrected chi connectivity index (χ3v) is 8.30. The molecule has 6 aromatic rings. The number of thiazole rings is 1. The van der Waals surface area contributed by atoms with Crippen molar-refractivity contribution < 1.29 is 9.47 Å². The van der Waals surface area contributed by atoms with E-state index in [4.69, 9.17) is 37.8 Å². The van der Waals surface area contributed by atoms with Gasteiger partial charge in [-0.15, -0.1) is 5.10 Å². The normalized spacial score (nSPS) is 12.0.